The van der Waals surface area contributed by atoms with Gasteiger partial charge in [0, 0.05) is 6.04 Å². The van der Waals surface area contributed by atoms with E-state index in [9.17, 15) is 19.6 Å². The van der Waals surface area contributed by atoms with Gasteiger partial charge in [-0.3, -0.25) is 25.2 Å². The Hall–Kier alpha value is -2.10. The summed E-state index contributed by atoms with van der Waals surface area (Å²) in [5, 5.41) is 11.7. The van der Waals surface area contributed by atoms with Gasteiger partial charge in [-0.25, -0.2) is 0 Å². The Morgan fingerprint density at radius 3 is 2.20 bits per heavy atom. The molecule has 3 N–H and O–H groups in total. The molecule has 2 aliphatic rings. The van der Waals surface area contributed by atoms with Crippen LogP contribution in [0.1, 0.15) is 44.9 Å². The fraction of sp³-hybridized carbons (Fsp3) is 0.692. The highest BCUT2D eigenvalue weighted by Crippen LogP contribution is 2.35. The Bertz CT molecular complexity index is 459. The number of nitrogens with zero attached hydrogens (tertiary/aromatic N) is 1. The Balaban J connectivity index is 1.82. The molecule has 2 saturated carbocycles. The van der Waals surface area contributed by atoms with E-state index in [4.69, 9.17) is 0 Å². The lowest BCUT2D eigenvalue weighted by molar-refractivity contribution is -0.142. The average molecular weight is 278 g/mol. The third-order valence-corrected chi connectivity index (χ3v) is 3.76. The van der Waals surface area contributed by atoms with Crippen LogP contribution < -0.4 is 16.2 Å². The first-order valence-corrected chi connectivity index (χ1v) is 6.90. The predicted octanol–water partition coefficient (Wildman–Crippen LogP) is -0.114. The van der Waals surface area contributed by atoms with Gasteiger partial charge in [-0.1, -0.05) is 19.3 Å². The highest BCUT2D eigenvalue weighted by Gasteiger charge is 2.40. The number of amides is 3. The first-order valence-electron chi connectivity index (χ1n) is 6.90. The summed E-state index contributed by atoms with van der Waals surface area (Å²) in [4.78, 5) is 34.9. The zero-order valence-electron chi connectivity index (χ0n) is 11.2. The number of hydrogen-bond donors (Lipinski definition) is 3. The molecule has 0 unspecified atom stereocenters. The molecule has 2 rings (SSSR count). The number of nitriles is 1. The van der Waals surface area contributed by atoms with Gasteiger partial charge < -0.3 is 5.32 Å². The van der Waals surface area contributed by atoms with Crippen molar-refractivity contribution in [3.63, 3.8) is 0 Å². The summed E-state index contributed by atoms with van der Waals surface area (Å²) in [6, 6.07) is 2.13. The SMILES string of the molecule is N#CC1(C(=O)NNC(=O)C(=O)NC2CC2)CCCCC1. The molecule has 2 fully saturated rings. The lowest BCUT2D eigenvalue weighted by Gasteiger charge is -2.28. The van der Waals surface area contributed by atoms with Crippen LogP contribution in [0.3, 0.4) is 0 Å². The van der Waals surface area contributed by atoms with Gasteiger partial charge in [0.15, 0.2) is 0 Å². The topological polar surface area (TPSA) is 111 Å². The number of nitrogens with one attached hydrogen (secondary N) is 3. The van der Waals surface area contributed by atoms with Gasteiger partial charge in [0.2, 0.25) is 0 Å². The van der Waals surface area contributed by atoms with Gasteiger partial charge in [0.25, 0.3) is 5.91 Å². The summed E-state index contributed by atoms with van der Waals surface area (Å²) in [5.41, 5.74) is 3.18. The van der Waals surface area contributed by atoms with Gasteiger partial charge in [-0.05, 0) is 25.7 Å². The van der Waals surface area contributed by atoms with Crippen molar-refractivity contribution in [1.82, 2.24) is 16.2 Å². The van der Waals surface area contributed by atoms with Crippen LogP contribution in [0.15, 0.2) is 0 Å². The number of hydrogen-bond acceptors (Lipinski definition) is 4. The minimum Gasteiger partial charge on any atom is -0.345 e. The Kier molecular flexibility index (Phi) is 4.23. The first-order chi connectivity index (χ1) is 9.57. The van der Waals surface area contributed by atoms with Crippen LogP contribution in [-0.4, -0.2) is 23.8 Å². The summed E-state index contributed by atoms with van der Waals surface area (Å²) in [6.07, 6.45) is 5.37. The van der Waals surface area contributed by atoms with Gasteiger partial charge in [-0.15, -0.1) is 0 Å². The molecule has 0 aromatic rings. The van der Waals surface area contributed by atoms with Crippen LogP contribution >= 0.6 is 0 Å². The molecule has 7 nitrogen and oxygen atoms in total. The van der Waals surface area contributed by atoms with Crippen LogP contribution in [0, 0.1) is 16.7 Å². The smallest absolute Gasteiger partial charge is 0.327 e. The normalized spacial score (nSPS) is 20.4. The Morgan fingerprint density at radius 1 is 1.00 bits per heavy atom. The van der Waals surface area contributed by atoms with Crippen molar-refractivity contribution in [3.8, 4) is 6.07 Å². The van der Waals surface area contributed by atoms with Gasteiger partial charge in [0.05, 0.1) is 6.07 Å². The maximum Gasteiger partial charge on any atom is 0.327 e. The van der Waals surface area contributed by atoms with Gasteiger partial charge in [0.1, 0.15) is 5.41 Å². The van der Waals surface area contributed by atoms with E-state index in [1.54, 1.807) is 0 Å². The molecule has 0 atom stereocenters. The van der Waals surface area contributed by atoms with E-state index < -0.39 is 23.1 Å². The highest BCUT2D eigenvalue weighted by atomic mass is 16.2. The van der Waals surface area contributed by atoms with Crippen LogP contribution in [-0.2, 0) is 14.4 Å². The monoisotopic (exact) mass is 278 g/mol. The van der Waals surface area contributed by atoms with Crippen molar-refractivity contribution in [3.05, 3.63) is 0 Å². The van der Waals surface area contributed by atoms with E-state index in [1.165, 1.54) is 0 Å². The fourth-order valence-electron chi connectivity index (χ4n) is 2.31. The largest absolute Gasteiger partial charge is 0.345 e. The fourth-order valence-corrected chi connectivity index (χ4v) is 2.31. The van der Waals surface area contributed by atoms with Crippen molar-refractivity contribution < 1.29 is 14.4 Å². The molecule has 0 aliphatic heterocycles. The molecular weight excluding hydrogens is 260 g/mol. The van der Waals surface area contributed by atoms with Crippen LogP contribution in [0.4, 0.5) is 0 Å². The van der Waals surface area contributed by atoms with E-state index in [0.717, 1.165) is 32.1 Å². The predicted molar refractivity (Wildman–Crippen MR) is 68.6 cm³/mol. The summed E-state index contributed by atoms with van der Waals surface area (Å²) < 4.78 is 0. The zero-order chi connectivity index (χ0) is 14.6. The quantitative estimate of drug-likeness (QED) is 0.483. The second-order valence-electron chi connectivity index (χ2n) is 5.41. The van der Waals surface area contributed by atoms with Crippen LogP contribution in [0.25, 0.3) is 0 Å². The third kappa shape index (κ3) is 3.26. The molecule has 2 aliphatic carbocycles. The number of carbonyl (C=O) groups excluding carboxylic acids is 3. The molecule has 0 heterocycles. The van der Waals surface area contributed by atoms with Crippen molar-refractivity contribution in [1.29, 1.82) is 5.26 Å². The highest BCUT2D eigenvalue weighted by molar-refractivity contribution is 6.35. The Labute approximate surface area is 117 Å². The molecule has 0 aromatic heterocycles. The summed E-state index contributed by atoms with van der Waals surface area (Å²) >= 11 is 0. The summed E-state index contributed by atoms with van der Waals surface area (Å²) in [7, 11) is 0. The number of carbonyl (C=O) groups is 3. The molecule has 3 amide bonds. The molecular formula is C13H18N4O3. The molecule has 0 spiro atoms. The van der Waals surface area contributed by atoms with E-state index >= 15 is 0 Å². The van der Waals surface area contributed by atoms with E-state index in [1.807, 2.05) is 6.07 Å². The van der Waals surface area contributed by atoms with Gasteiger partial charge >= 0.3 is 11.8 Å². The third-order valence-electron chi connectivity index (χ3n) is 3.76. The van der Waals surface area contributed by atoms with Crippen molar-refractivity contribution in [2.24, 2.45) is 5.41 Å². The standard InChI is InChI=1S/C13H18N4O3/c14-8-13(6-2-1-3-7-13)12(20)17-16-11(19)10(18)15-9-4-5-9/h9H,1-7H2,(H,15,18)(H,16,19)(H,17,20). The minimum atomic E-state index is -1.08. The van der Waals surface area contributed by atoms with Crippen molar-refractivity contribution >= 4 is 17.7 Å². The lowest BCUT2D eigenvalue weighted by Crippen LogP contribution is -2.53. The molecule has 20 heavy (non-hydrogen) atoms. The summed E-state index contributed by atoms with van der Waals surface area (Å²) in [5.74, 6) is -2.20. The van der Waals surface area contributed by atoms with Crippen molar-refractivity contribution in [2.45, 2.75) is 51.0 Å². The average Bonchev–Trinajstić information content (AvgIpc) is 3.28. The molecule has 108 valence electrons. The van der Waals surface area contributed by atoms with Crippen LogP contribution in [0.5, 0.6) is 0 Å². The molecule has 0 aromatic carbocycles. The molecule has 0 saturated heterocycles. The van der Waals surface area contributed by atoms with E-state index in [2.05, 4.69) is 16.2 Å². The molecule has 7 heteroatoms. The van der Waals surface area contributed by atoms with Crippen molar-refractivity contribution in [2.75, 3.05) is 0 Å². The molecule has 0 radical (unpaired) electrons. The van der Waals surface area contributed by atoms with E-state index in [0.29, 0.717) is 12.8 Å². The zero-order valence-corrected chi connectivity index (χ0v) is 11.2. The lowest BCUT2D eigenvalue weighted by atomic mass is 9.75. The van der Waals surface area contributed by atoms with Crippen LogP contribution in [0.2, 0.25) is 0 Å². The summed E-state index contributed by atoms with van der Waals surface area (Å²) in [6.45, 7) is 0. The maximum atomic E-state index is 12.0. The number of rotatable bonds is 2. The number of hydrazine groups is 1. The Morgan fingerprint density at radius 2 is 1.65 bits per heavy atom. The second kappa shape index (κ2) is 5.90. The molecule has 0 bridgehead atoms. The second-order valence-corrected chi connectivity index (χ2v) is 5.41. The van der Waals surface area contributed by atoms with E-state index in [-0.39, 0.29) is 6.04 Å². The van der Waals surface area contributed by atoms with Gasteiger partial charge in [-0.2, -0.15) is 5.26 Å². The first kappa shape index (κ1) is 14.3. The maximum absolute atomic E-state index is 12.0. The minimum absolute atomic E-state index is 0.0766.